The Kier molecular flexibility index (Phi) is 5.69. The average Bonchev–Trinajstić information content (AvgIpc) is 2.96. The monoisotopic (exact) mass is 359 g/mol. The number of hydrogen-bond acceptors (Lipinski definition) is 2. The topological polar surface area (TPSA) is 12.0 Å². The van der Waals surface area contributed by atoms with Gasteiger partial charge in [0.1, 0.15) is 11.6 Å². The Labute approximate surface area is 130 Å². The van der Waals surface area contributed by atoms with Crippen LogP contribution in [-0.4, -0.2) is 6.54 Å². The van der Waals surface area contributed by atoms with E-state index >= 15 is 0 Å². The van der Waals surface area contributed by atoms with Gasteiger partial charge in [-0.05, 0) is 58.9 Å². The third-order valence-electron chi connectivity index (χ3n) is 3.07. The van der Waals surface area contributed by atoms with E-state index in [1.54, 1.807) is 11.3 Å². The standard InChI is InChI=1S/C15H16BrF2NS/c1-2-7-19-13(14-4-3-8-20-14)9-10-12(17)6-5-11(16)15(10)18/h3-6,8,13,19H,2,7,9H2,1H3. The first-order valence-electron chi connectivity index (χ1n) is 6.52. The highest BCUT2D eigenvalue weighted by atomic mass is 79.9. The van der Waals surface area contributed by atoms with Crippen LogP contribution >= 0.6 is 27.3 Å². The third kappa shape index (κ3) is 3.65. The van der Waals surface area contributed by atoms with E-state index in [4.69, 9.17) is 0 Å². The van der Waals surface area contributed by atoms with Gasteiger partial charge >= 0.3 is 0 Å². The molecule has 108 valence electrons. The molecule has 1 aromatic carbocycles. The van der Waals surface area contributed by atoms with Crippen LogP contribution < -0.4 is 5.32 Å². The third-order valence-corrected chi connectivity index (χ3v) is 4.67. The van der Waals surface area contributed by atoms with Crippen LogP contribution in [0.4, 0.5) is 8.78 Å². The van der Waals surface area contributed by atoms with Crippen LogP contribution in [0, 0.1) is 11.6 Å². The van der Waals surface area contributed by atoms with E-state index in [0.29, 0.717) is 10.9 Å². The van der Waals surface area contributed by atoms with Crippen molar-refractivity contribution in [3.8, 4) is 0 Å². The molecule has 0 radical (unpaired) electrons. The van der Waals surface area contributed by atoms with Gasteiger partial charge in [0.25, 0.3) is 0 Å². The van der Waals surface area contributed by atoms with Gasteiger partial charge in [-0.3, -0.25) is 0 Å². The van der Waals surface area contributed by atoms with Crippen molar-refractivity contribution >= 4 is 27.3 Å². The highest BCUT2D eigenvalue weighted by molar-refractivity contribution is 9.10. The Morgan fingerprint density at radius 3 is 2.75 bits per heavy atom. The quantitative estimate of drug-likeness (QED) is 0.709. The lowest BCUT2D eigenvalue weighted by Crippen LogP contribution is -2.24. The molecule has 2 aromatic rings. The van der Waals surface area contributed by atoms with Crippen LogP contribution in [0.15, 0.2) is 34.1 Å². The molecule has 1 aromatic heterocycles. The van der Waals surface area contributed by atoms with Crippen molar-refractivity contribution < 1.29 is 8.78 Å². The molecule has 0 amide bonds. The molecule has 1 unspecified atom stereocenters. The van der Waals surface area contributed by atoms with E-state index in [1.165, 1.54) is 12.1 Å². The van der Waals surface area contributed by atoms with Crippen molar-refractivity contribution in [2.24, 2.45) is 0 Å². The SMILES string of the molecule is CCCNC(Cc1c(F)ccc(Br)c1F)c1cccs1. The van der Waals surface area contributed by atoms with Crippen LogP contribution in [0.1, 0.15) is 29.8 Å². The fourth-order valence-electron chi connectivity index (χ4n) is 2.04. The van der Waals surface area contributed by atoms with Gasteiger partial charge in [0.05, 0.1) is 4.47 Å². The van der Waals surface area contributed by atoms with Crippen molar-refractivity contribution in [3.05, 3.63) is 56.2 Å². The molecule has 0 saturated carbocycles. The molecule has 0 aliphatic rings. The fourth-order valence-corrected chi connectivity index (χ4v) is 3.22. The van der Waals surface area contributed by atoms with E-state index in [9.17, 15) is 8.78 Å². The predicted molar refractivity (Wildman–Crippen MR) is 83.1 cm³/mol. The van der Waals surface area contributed by atoms with E-state index in [2.05, 4.69) is 28.2 Å². The molecule has 1 heterocycles. The number of hydrogen-bond donors (Lipinski definition) is 1. The molecule has 1 nitrogen and oxygen atoms in total. The molecule has 0 aliphatic carbocycles. The van der Waals surface area contributed by atoms with Crippen molar-refractivity contribution in [1.82, 2.24) is 5.32 Å². The van der Waals surface area contributed by atoms with E-state index in [-0.39, 0.29) is 11.6 Å². The zero-order valence-corrected chi connectivity index (χ0v) is 13.5. The number of halogens is 3. The van der Waals surface area contributed by atoms with Gasteiger partial charge in [-0.15, -0.1) is 11.3 Å². The Bertz CT molecular complexity index is 557. The summed E-state index contributed by atoms with van der Waals surface area (Å²) in [5.74, 6) is -1.00. The van der Waals surface area contributed by atoms with Gasteiger partial charge in [0.15, 0.2) is 0 Å². The minimum atomic E-state index is -0.509. The molecule has 1 atom stereocenters. The lowest BCUT2D eigenvalue weighted by Gasteiger charge is -2.18. The lowest BCUT2D eigenvalue weighted by atomic mass is 10.0. The van der Waals surface area contributed by atoms with Gasteiger partial charge in [-0.1, -0.05) is 13.0 Å². The van der Waals surface area contributed by atoms with Gasteiger partial charge in [0.2, 0.25) is 0 Å². The van der Waals surface area contributed by atoms with Crippen molar-refractivity contribution in [2.75, 3.05) is 6.54 Å². The first-order valence-corrected chi connectivity index (χ1v) is 8.20. The molecule has 0 spiro atoms. The number of nitrogens with one attached hydrogen (secondary N) is 1. The number of benzene rings is 1. The van der Waals surface area contributed by atoms with Crippen molar-refractivity contribution in [2.45, 2.75) is 25.8 Å². The summed E-state index contributed by atoms with van der Waals surface area (Å²) in [5, 5.41) is 5.33. The molecule has 0 aliphatic heterocycles. The highest BCUT2D eigenvalue weighted by Crippen LogP contribution is 2.28. The Hall–Kier alpha value is -0.780. The Morgan fingerprint density at radius 1 is 1.30 bits per heavy atom. The van der Waals surface area contributed by atoms with Crippen LogP contribution in [0.5, 0.6) is 0 Å². The maximum atomic E-state index is 14.1. The summed E-state index contributed by atoms with van der Waals surface area (Å²) in [6.07, 6.45) is 1.28. The maximum Gasteiger partial charge on any atom is 0.143 e. The predicted octanol–water partition coefficient (Wildman–Crippen LogP) is 5.07. The molecule has 0 fully saturated rings. The molecule has 20 heavy (non-hydrogen) atoms. The summed E-state index contributed by atoms with van der Waals surface area (Å²) >= 11 is 4.71. The summed E-state index contributed by atoms with van der Waals surface area (Å²) < 4.78 is 28.2. The molecule has 5 heteroatoms. The normalized spacial score (nSPS) is 12.6. The minimum Gasteiger partial charge on any atom is -0.309 e. The Balaban J connectivity index is 2.26. The maximum absolute atomic E-state index is 14.1. The lowest BCUT2D eigenvalue weighted by molar-refractivity contribution is 0.492. The minimum absolute atomic E-state index is 0.0618. The Morgan fingerprint density at radius 2 is 2.10 bits per heavy atom. The van der Waals surface area contributed by atoms with Crippen molar-refractivity contribution in [3.63, 3.8) is 0 Å². The zero-order valence-electron chi connectivity index (χ0n) is 11.1. The van der Waals surface area contributed by atoms with Gasteiger partial charge in [0, 0.05) is 16.5 Å². The van der Waals surface area contributed by atoms with Crippen LogP contribution in [0.2, 0.25) is 0 Å². The molecule has 1 N–H and O–H groups in total. The molecule has 2 rings (SSSR count). The zero-order chi connectivity index (χ0) is 14.5. The van der Waals surface area contributed by atoms with E-state index in [0.717, 1.165) is 17.8 Å². The number of rotatable bonds is 6. The van der Waals surface area contributed by atoms with Crippen LogP contribution in [0.25, 0.3) is 0 Å². The molecular formula is C15H16BrF2NS. The first-order chi connectivity index (χ1) is 9.63. The second-order valence-electron chi connectivity index (χ2n) is 4.55. The van der Waals surface area contributed by atoms with Crippen LogP contribution in [0.3, 0.4) is 0 Å². The second kappa shape index (κ2) is 7.29. The average molecular weight is 360 g/mol. The second-order valence-corrected chi connectivity index (χ2v) is 6.38. The summed E-state index contributed by atoms with van der Waals surface area (Å²) in [7, 11) is 0. The van der Waals surface area contributed by atoms with Gasteiger partial charge < -0.3 is 5.32 Å². The van der Waals surface area contributed by atoms with E-state index in [1.807, 2.05) is 17.5 Å². The van der Waals surface area contributed by atoms with Gasteiger partial charge in [-0.2, -0.15) is 0 Å². The summed E-state index contributed by atoms with van der Waals surface area (Å²) in [6, 6.07) is 6.58. The summed E-state index contributed by atoms with van der Waals surface area (Å²) in [4.78, 5) is 1.09. The molecule has 0 saturated heterocycles. The van der Waals surface area contributed by atoms with Crippen molar-refractivity contribution in [1.29, 1.82) is 0 Å². The summed E-state index contributed by atoms with van der Waals surface area (Å²) in [5.41, 5.74) is 0.126. The van der Waals surface area contributed by atoms with E-state index < -0.39 is 11.6 Å². The highest BCUT2D eigenvalue weighted by Gasteiger charge is 2.19. The smallest absolute Gasteiger partial charge is 0.143 e. The largest absolute Gasteiger partial charge is 0.309 e. The fraction of sp³-hybridized carbons (Fsp3) is 0.333. The molecular weight excluding hydrogens is 344 g/mol. The molecule has 0 bridgehead atoms. The number of thiophene rings is 1. The van der Waals surface area contributed by atoms with Crippen LogP contribution in [-0.2, 0) is 6.42 Å². The van der Waals surface area contributed by atoms with Gasteiger partial charge in [-0.25, -0.2) is 8.78 Å². The first kappa shape index (κ1) is 15.6. The summed E-state index contributed by atoms with van der Waals surface area (Å²) in [6.45, 7) is 2.89.